The van der Waals surface area contributed by atoms with Gasteiger partial charge in [-0.2, -0.15) is 4.31 Å². The minimum absolute atomic E-state index is 0.000281. The van der Waals surface area contributed by atoms with Gasteiger partial charge in [0.05, 0.1) is 9.82 Å². The van der Waals surface area contributed by atoms with Gasteiger partial charge >= 0.3 is 0 Å². The molecule has 0 aliphatic heterocycles. The predicted molar refractivity (Wildman–Crippen MR) is 90.9 cm³/mol. The maximum Gasteiger partial charge on any atom is 0.270 e. The second-order valence-corrected chi connectivity index (χ2v) is 7.51. The van der Waals surface area contributed by atoms with Crippen molar-refractivity contribution in [3.63, 3.8) is 0 Å². The van der Waals surface area contributed by atoms with E-state index in [-0.39, 0.29) is 10.6 Å². The summed E-state index contributed by atoms with van der Waals surface area (Å²) < 4.78 is 27.1. The highest BCUT2D eigenvalue weighted by Gasteiger charge is 2.25. The number of nitro benzene ring substituents is 1. The van der Waals surface area contributed by atoms with Gasteiger partial charge in [0.15, 0.2) is 0 Å². The molecule has 130 valence electrons. The molecule has 0 bridgehead atoms. The number of nitro groups is 1. The first-order valence-electron chi connectivity index (χ1n) is 8.18. The lowest BCUT2D eigenvalue weighted by Gasteiger charge is -2.22. The molecule has 0 fully saturated rings. The van der Waals surface area contributed by atoms with Gasteiger partial charge in [0, 0.05) is 25.2 Å². The van der Waals surface area contributed by atoms with Gasteiger partial charge in [-0.15, -0.1) is 0 Å². The van der Waals surface area contributed by atoms with Gasteiger partial charge < -0.3 is 0 Å². The summed E-state index contributed by atoms with van der Waals surface area (Å²) in [6.45, 7) is 5.05. The van der Waals surface area contributed by atoms with Crippen LogP contribution in [0.3, 0.4) is 0 Å². The van der Waals surface area contributed by atoms with Crippen LogP contribution in [0.5, 0.6) is 0 Å². The number of sulfonamides is 1. The molecule has 0 saturated carbocycles. The van der Waals surface area contributed by atoms with Crippen LogP contribution in [0.15, 0.2) is 29.2 Å². The standard InChI is InChI=1S/C16H26N2O4S/c1-3-5-7-12-17(13-8-6-4-2)23(21,22)16-11-9-10-15(14-16)18(19)20/h9-11,14H,3-8,12-13H2,1-2H3. The second-order valence-electron chi connectivity index (χ2n) is 5.57. The van der Waals surface area contributed by atoms with Crippen molar-refractivity contribution in [3.05, 3.63) is 34.4 Å². The highest BCUT2D eigenvalue weighted by molar-refractivity contribution is 7.89. The Hall–Kier alpha value is -1.47. The molecular weight excluding hydrogens is 316 g/mol. The molecule has 0 aromatic heterocycles. The van der Waals surface area contributed by atoms with Crippen LogP contribution in [0.2, 0.25) is 0 Å². The third kappa shape index (κ3) is 5.91. The van der Waals surface area contributed by atoms with E-state index in [1.54, 1.807) is 0 Å². The quantitative estimate of drug-likeness (QED) is 0.346. The lowest BCUT2D eigenvalue weighted by Crippen LogP contribution is -2.33. The van der Waals surface area contributed by atoms with Gasteiger partial charge in [-0.3, -0.25) is 10.1 Å². The van der Waals surface area contributed by atoms with Crippen LogP contribution in [0, 0.1) is 10.1 Å². The molecule has 1 rings (SSSR count). The topological polar surface area (TPSA) is 80.5 Å². The Morgan fingerprint density at radius 3 is 2.09 bits per heavy atom. The van der Waals surface area contributed by atoms with Crippen molar-refractivity contribution >= 4 is 15.7 Å². The van der Waals surface area contributed by atoms with Crippen LogP contribution in [0.25, 0.3) is 0 Å². The molecule has 23 heavy (non-hydrogen) atoms. The van der Waals surface area contributed by atoms with Crippen LogP contribution in [0.4, 0.5) is 5.69 Å². The summed E-state index contributed by atoms with van der Waals surface area (Å²) in [5.74, 6) is 0. The van der Waals surface area contributed by atoms with Crippen LogP contribution in [0.1, 0.15) is 52.4 Å². The van der Waals surface area contributed by atoms with E-state index in [4.69, 9.17) is 0 Å². The minimum atomic E-state index is -3.69. The van der Waals surface area contributed by atoms with Crippen molar-refractivity contribution in [2.75, 3.05) is 13.1 Å². The van der Waals surface area contributed by atoms with E-state index in [9.17, 15) is 18.5 Å². The van der Waals surface area contributed by atoms with Gasteiger partial charge in [-0.1, -0.05) is 45.6 Å². The first kappa shape index (κ1) is 19.6. The lowest BCUT2D eigenvalue weighted by atomic mass is 10.2. The highest BCUT2D eigenvalue weighted by Crippen LogP contribution is 2.22. The number of nitrogens with zero attached hydrogens (tertiary/aromatic N) is 2. The van der Waals surface area contributed by atoms with Crippen molar-refractivity contribution < 1.29 is 13.3 Å². The first-order valence-corrected chi connectivity index (χ1v) is 9.62. The van der Waals surface area contributed by atoms with Gasteiger partial charge in [-0.25, -0.2) is 8.42 Å². The Balaban J connectivity index is 3.00. The molecule has 0 amide bonds. The zero-order valence-electron chi connectivity index (χ0n) is 13.9. The van der Waals surface area contributed by atoms with Crippen molar-refractivity contribution in [2.45, 2.75) is 57.3 Å². The van der Waals surface area contributed by atoms with Crippen molar-refractivity contribution in [1.82, 2.24) is 4.31 Å². The van der Waals surface area contributed by atoms with Crippen LogP contribution < -0.4 is 0 Å². The first-order chi connectivity index (χ1) is 10.9. The zero-order chi connectivity index (χ0) is 17.3. The summed E-state index contributed by atoms with van der Waals surface area (Å²) in [5.41, 5.74) is -0.201. The Morgan fingerprint density at radius 1 is 1.04 bits per heavy atom. The molecule has 0 saturated heterocycles. The van der Waals surface area contributed by atoms with Crippen LogP contribution >= 0.6 is 0 Å². The Kier molecular flexibility index (Phi) is 8.19. The molecule has 1 aromatic carbocycles. The molecular formula is C16H26N2O4S. The van der Waals surface area contributed by atoms with Crippen LogP contribution in [-0.2, 0) is 10.0 Å². The summed E-state index contributed by atoms with van der Waals surface area (Å²) in [6, 6.07) is 5.29. The summed E-state index contributed by atoms with van der Waals surface area (Å²) in [4.78, 5) is 10.3. The van der Waals surface area contributed by atoms with E-state index in [0.29, 0.717) is 13.1 Å². The average Bonchev–Trinajstić information content (AvgIpc) is 2.53. The van der Waals surface area contributed by atoms with Gasteiger partial charge in [0.1, 0.15) is 0 Å². The molecule has 6 nitrogen and oxygen atoms in total. The van der Waals surface area contributed by atoms with Gasteiger partial charge in [-0.05, 0) is 18.9 Å². The fraction of sp³-hybridized carbons (Fsp3) is 0.625. The van der Waals surface area contributed by atoms with E-state index in [0.717, 1.165) is 44.6 Å². The van der Waals surface area contributed by atoms with Gasteiger partial charge in [0.2, 0.25) is 10.0 Å². The maximum atomic E-state index is 12.8. The third-order valence-corrected chi connectivity index (χ3v) is 5.58. The van der Waals surface area contributed by atoms with Crippen molar-refractivity contribution in [2.24, 2.45) is 0 Å². The second kappa shape index (κ2) is 9.62. The lowest BCUT2D eigenvalue weighted by molar-refractivity contribution is -0.385. The summed E-state index contributed by atoms with van der Waals surface area (Å²) >= 11 is 0. The van der Waals surface area contributed by atoms with E-state index in [1.165, 1.54) is 22.5 Å². The van der Waals surface area contributed by atoms with Gasteiger partial charge in [0.25, 0.3) is 5.69 Å². The molecule has 7 heteroatoms. The van der Waals surface area contributed by atoms with Crippen molar-refractivity contribution in [3.8, 4) is 0 Å². The molecule has 0 unspecified atom stereocenters. The van der Waals surface area contributed by atoms with E-state index in [2.05, 4.69) is 13.8 Å². The smallest absolute Gasteiger partial charge is 0.258 e. The Bertz CT molecular complexity index is 592. The third-order valence-electron chi connectivity index (χ3n) is 3.69. The molecule has 0 aliphatic carbocycles. The number of non-ortho nitro benzene ring substituents is 1. The SMILES string of the molecule is CCCCCN(CCCCC)S(=O)(=O)c1cccc([N+](=O)[O-])c1. The van der Waals surface area contributed by atoms with Crippen LogP contribution in [-0.4, -0.2) is 30.7 Å². The maximum absolute atomic E-state index is 12.8. The molecule has 0 atom stereocenters. The average molecular weight is 342 g/mol. The Labute approximate surface area is 138 Å². The molecule has 0 spiro atoms. The highest BCUT2D eigenvalue weighted by atomic mass is 32.2. The van der Waals surface area contributed by atoms with Crippen molar-refractivity contribution in [1.29, 1.82) is 0 Å². The summed E-state index contributed by atoms with van der Waals surface area (Å²) in [6.07, 6.45) is 5.57. The summed E-state index contributed by atoms with van der Waals surface area (Å²) in [7, 11) is -3.69. The zero-order valence-corrected chi connectivity index (χ0v) is 14.7. The minimum Gasteiger partial charge on any atom is -0.258 e. The monoisotopic (exact) mass is 342 g/mol. The number of unbranched alkanes of at least 4 members (excludes halogenated alkanes) is 4. The predicted octanol–water partition coefficient (Wildman–Crippen LogP) is 3.97. The number of benzene rings is 1. The normalized spacial score (nSPS) is 11.8. The fourth-order valence-corrected chi connectivity index (χ4v) is 3.89. The Morgan fingerprint density at radius 2 is 1.61 bits per heavy atom. The molecule has 1 aromatic rings. The van der Waals surface area contributed by atoms with E-state index < -0.39 is 14.9 Å². The number of rotatable bonds is 11. The fourth-order valence-electron chi connectivity index (χ4n) is 2.34. The molecule has 0 radical (unpaired) electrons. The number of hydrogen-bond donors (Lipinski definition) is 0. The molecule has 0 heterocycles. The molecule has 0 N–H and O–H groups in total. The number of hydrogen-bond acceptors (Lipinski definition) is 4. The summed E-state index contributed by atoms with van der Waals surface area (Å²) in [5, 5.41) is 10.9. The largest absolute Gasteiger partial charge is 0.270 e. The van der Waals surface area contributed by atoms with E-state index >= 15 is 0 Å². The molecule has 0 aliphatic rings. The van der Waals surface area contributed by atoms with E-state index in [1.807, 2.05) is 0 Å².